The van der Waals surface area contributed by atoms with Crippen LogP contribution in [0.5, 0.6) is 0 Å². The van der Waals surface area contributed by atoms with Gasteiger partial charge in [-0.15, -0.1) is 0 Å². The van der Waals surface area contributed by atoms with Crippen molar-refractivity contribution in [1.29, 1.82) is 0 Å². The van der Waals surface area contributed by atoms with Crippen LogP contribution < -0.4 is 9.80 Å². The van der Waals surface area contributed by atoms with Gasteiger partial charge in [-0.25, -0.2) is 19.9 Å². The second-order valence-electron chi connectivity index (χ2n) is 35.6. The average molecular weight is 1810 g/mol. The topological polar surface area (TPSA) is 58.0 Å². The van der Waals surface area contributed by atoms with Crippen molar-refractivity contribution in [1.82, 2.24) is 19.9 Å². The van der Waals surface area contributed by atoms with Gasteiger partial charge in [0, 0.05) is 67.5 Å². The quantitative estimate of drug-likeness (QED) is 0.0674. The molecule has 0 N–H and O–H groups in total. The van der Waals surface area contributed by atoms with Crippen molar-refractivity contribution in [3.05, 3.63) is 570 Å². The SMILES string of the molecule is c1ccc(-c2ccc(-c3ccc(N(c4ccc(-c5ccc(-c6ccccc6)cc5)cc4)c4ccc(-c5ccc(-c6cc(-c7ccc8ccccc8c7)nc(-c7ccccc7)n6)cc5)cc4)cc3)cc2)cc1.c1ccc(-c2ccc(-c3ccc(N(c4ccc(-c5ccc(-c6ccccc6)cc5)cc4)c4ccc(-c5ccc(-c6cc(-c7cccc8ccccc78)nc(-c7ccccc7)n6)cc5)cc4)cc3)cc2)cc1. The number of benzene rings is 22. The molecule has 22 aromatic carbocycles. The molecule has 668 valence electrons. The Morgan fingerprint density at radius 1 is 0.113 bits per heavy atom. The van der Waals surface area contributed by atoms with Crippen LogP contribution >= 0.6 is 0 Å². The molecule has 24 aromatic rings. The fraction of sp³-hybridized carbons (Fsp3) is 0. The van der Waals surface area contributed by atoms with Crippen LogP contribution in [0.15, 0.2) is 570 Å². The molecule has 0 fully saturated rings. The summed E-state index contributed by atoms with van der Waals surface area (Å²) < 4.78 is 0. The number of nitrogens with zero attached hydrogens (tertiary/aromatic N) is 6. The van der Waals surface area contributed by atoms with E-state index in [4.69, 9.17) is 19.9 Å². The monoisotopic (exact) mass is 1810 g/mol. The summed E-state index contributed by atoms with van der Waals surface area (Å²) in [6, 6.07) is 203. The van der Waals surface area contributed by atoms with Crippen LogP contribution in [-0.2, 0) is 0 Å². The van der Waals surface area contributed by atoms with Crippen molar-refractivity contribution in [2.75, 3.05) is 9.80 Å². The summed E-state index contributed by atoms with van der Waals surface area (Å²) >= 11 is 0. The summed E-state index contributed by atoms with van der Waals surface area (Å²) in [5.74, 6) is 1.41. The van der Waals surface area contributed by atoms with E-state index in [9.17, 15) is 0 Å². The lowest BCUT2D eigenvalue weighted by Gasteiger charge is -2.26. The van der Waals surface area contributed by atoms with Crippen molar-refractivity contribution in [2.24, 2.45) is 0 Å². The van der Waals surface area contributed by atoms with Gasteiger partial charge in [0.05, 0.1) is 22.8 Å². The van der Waals surface area contributed by atoms with Gasteiger partial charge in [-0.1, -0.05) is 479 Å². The van der Waals surface area contributed by atoms with Gasteiger partial charge in [-0.2, -0.15) is 0 Å². The summed E-state index contributed by atoms with van der Waals surface area (Å²) in [6.07, 6.45) is 0. The van der Waals surface area contributed by atoms with Crippen molar-refractivity contribution in [3.8, 4) is 179 Å². The second kappa shape index (κ2) is 40.2. The molecule has 0 radical (unpaired) electrons. The van der Waals surface area contributed by atoms with E-state index in [1.165, 1.54) is 111 Å². The molecule has 0 amide bonds. The number of fused-ring (bicyclic) bond motifs is 2. The van der Waals surface area contributed by atoms with Crippen LogP contribution in [0.2, 0.25) is 0 Å². The van der Waals surface area contributed by atoms with Crippen LogP contribution in [0.1, 0.15) is 0 Å². The molecule has 0 spiro atoms. The van der Waals surface area contributed by atoms with Crippen molar-refractivity contribution in [2.45, 2.75) is 0 Å². The molecule has 0 bridgehead atoms. The molecule has 0 unspecified atom stereocenters. The van der Waals surface area contributed by atoms with Crippen molar-refractivity contribution < 1.29 is 0 Å². The zero-order chi connectivity index (χ0) is 94.7. The van der Waals surface area contributed by atoms with Gasteiger partial charge in [0.1, 0.15) is 0 Å². The first-order chi connectivity index (χ1) is 70.3. The van der Waals surface area contributed by atoms with E-state index in [0.717, 1.165) is 113 Å². The summed E-state index contributed by atoms with van der Waals surface area (Å²) in [4.78, 5) is 25.1. The maximum Gasteiger partial charge on any atom is 0.160 e. The van der Waals surface area contributed by atoms with Crippen LogP contribution in [0.25, 0.3) is 201 Å². The Morgan fingerprint density at radius 2 is 0.303 bits per heavy atom. The lowest BCUT2D eigenvalue weighted by Crippen LogP contribution is -2.09. The third-order valence-electron chi connectivity index (χ3n) is 26.7. The standard InChI is InChI=1S/2C68H47N3/c1-4-13-48(14-5-1)50-23-27-52(28-24-50)55-35-41-61(42-36-55)71(62-43-37-56(38-44-62)53-29-25-51(26-30-53)49-15-6-2-7-16-49)63-45-39-57(40-46-63)54-31-33-59(34-32-54)66-47-67(70-68(69-66)60-18-8-3-9-19-60)65-22-12-20-58-17-10-11-21-64(58)65;1-4-12-48(13-5-1)51-20-24-53(25-21-51)56-34-40-63(41-35-56)71(64-42-36-57(37-43-64)54-26-22-52(23-27-54)49-14-6-2-7-15-49)65-44-38-58(39-45-65)55-28-31-59(32-29-55)66-47-67(70-68(69-66)60-17-8-3-9-18-60)62-33-30-50-16-10-11-19-61(50)46-62/h2*1-47H. The number of rotatable bonds is 22. The molecule has 0 aliphatic rings. The minimum Gasteiger partial charge on any atom is -0.311 e. The van der Waals surface area contributed by atoms with E-state index >= 15 is 0 Å². The minimum atomic E-state index is 0.703. The van der Waals surface area contributed by atoms with Gasteiger partial charge in [0.15, 0.2) is 11.6 Å². The molecular formula is C136H94N6. The van der Waals surface area contributed by atoms with Gasteiger partial charge >= 0.3 is 0 Å². The Morgan fingerprint density at radius 3 is 0.585 bits per heavy atom. The van der Waals surface area contributed by atoms with Gasteiger partial charge in [-0.05, 0) is 224 Å². The lowest BCUT2D eigenvalue weighted by molar-refractivity contribution is 1.18. The fourth-order valence-corrected chi connectivity index (χ4v) is 19.0. The lowest BCUT2D eigenvalue weighted by atomic mass is 9.99. The van der Waals surface area contributed by atoms with E-state index in [2.05, 4.69) is 544 Å². The first-order valence-corrected chi connectivity index (χ1v) is 48.2. The van der Waals surface area contributed by atoms with E-state index in [1.807, 2.05) is 36.4 Å². The maximum absolute atomic E-state index is 5.13. The van der Waals surface area contributed by atoms with Crippen molar-refractivity contribution >= 4 is 55.7 Å². The van der Waals surface area contributed by atoms with Gasteiger partial charge in [0.2, 0.25) is 0 Å². The second-order valence-corrected chi connectivity index (χ2v) is 35.6. The minimum absolute atomic E-state index is 0.703. The Hall–Kier alpha value is -18.9. The van der Waals surface area contributed by atoms with E-state index < -0.39 is 0 Å². The zero-order valence-corrected chi connectivity index (χ0v) is 78.0. The third kappa shape index (κ3) is 19.1. The number of hydrogen-bond acceptors (Lipinski definition) is 6. The Kier molecular flexibility index (Phi) is 24.7. The fourth-order valence-electron chi connectivity index (χ4n) is 19.0. The molecule has 0 atom stereocenters. The van der Waals surface area contributed by atoms with Crippen LogP contribution in [0.3, 0.4) is 0 Å². The molecule has 2 aromatic heterocycles. The highest BCUT2D eigenvalue weighted by atomic mass is 15.1. The predicted octanol–water partition coefficient (Wildman–Crippen LogP) is 36.9. The summed E-state index contributed by atoms with van der Waals surface area (Å²) in [5.41, 5.74) is 39.8. The Balaban J connectivity index is 0.000000158. The highest BCUT2D eigenvalue weighted by Gasteiger charge is 2.21. The van der Waals surface area contributed by atoms with E-state index in [-0.39, 0.29) is 0 Å². The van der Waals surface area contributed by atoms with Crippen LogP contribution in [-0.4, -0.2) is 19.9 Å². The molecule has 24 rings (SSSR count). The highest BCUT2D eigenvalue weighted by molar-refractivity contribution is 5.97. The molecular weight excluding hydrogens is 1720 g/mol. The molecule has 6 heteroatoms. The van der Waals surface area contributed by atoms with Gasteiger partial charge < -0.3 is 9.80 Å². The largest absolute Gasteiger partial charge is 0.311 e. The molecule has 2 heterocycles. The average Bonchev–Trinajstić information content (AvgIpc) is 0.758. The summed E-state index contributed by atoms with van der Waals surface area (Å²) in [7, 11) is 0. The third-order valence-corrected chi connectivity index (χ3v) is 26.7. The number of aromatic nitrogens is 4. The van der Waals surface area contributed by atoms with E-state index in [1.54, 1.807) is 0 Å². The molecule has 0 aliphatic carbocycles. The Bertz CT molecular complexity index is 8190. The first-order valence-electron chi connectivity index (χ1n) is 48.2. The highest BCUT2D eigenvalue weighted by Crippen LogP contribution is 2.44. The molecule has 0 aliphatic heterocycles. The molecule has 142 heavy (non-hydrogen) atoms. The van der Waals surface area contributed by atoms with Gasteiger partial charge in [0.25, 0.3) is 0 Å². The smallest absolute Gasteiger partial charge is 0.160 e. The maximum atomic E-state index is 5.13. The van der Waals surface area contributed by atoms with E-state index in [0.29, 0.717) is 11.6 Å². The zero-order valence-electron chi connectivity index (χ0n) is 78.0. The normalized spacial score (nSPS) is 11.1. The van der Waals surface area contributed by atoms with Gasteiger partial charge in [-0.3, -0.25) is 0 Å². The molecule has 0 saturated heterocycles. The summed E-state index contributed by atoms with van der Waals surface area (Å²) in [6.45, 7) is 0. The predicted molar refractivity (Wildman–Crippen MR) is 595 cm³/mol. The summed E-state index contributed by atoms with van der Waals surface area (Å²) in [5, 5.41) is 4.74. The molecule has 0 saturated carbocycles. The molecule has 6 nitrogen and oxygen atoms in total. The number of anilines is 6. The van der Waals surface area contributed by atoms with Crippen molar-refractivity contribution in [3.63, 3.8) is 0 Å². The number of hydrogen-bond donors (Lipinski definition) is 0. The van der Waals surface area contributed by atoms with Crippen LogP contribution in [0.4, 0.5) is 34.1 Å². The Labute approximate surface area is 828 Å². The van der Waals surface area contributed by atoms with Crippen LogP contribution in [0, 0.1) is 0 Å². The first kappa shape index (κ1) is 87.2.